The Balaban J connectivity index is 1.52. The highest BCUT2D eigenvalue weighted by molar-refractivity contribution is 5.95. The van der Waals surface area contributed by atoms with Crippen LogP contribution in [0.1, 0.15) is 28.4 Å². The van der Waals surface area contributed by atoms with Gasteiger partial charge in [0, 0.05) is 17.3 Å². The molecular formula is C31H25F4N3O5. The average molecular weight is 596 g/mol. The molecule has 0 radical (unpaired) electrons. The van der Waals surface area contributed by atoms with Gasteiger partial charge in [-0.05, 0) is 47.5 Å². The Bertz CT molecular complexity index is 1670. The van der Waals surface area contributed by atoms with Crippen LogP contribution in [0.5, 0.6) is 5.75 Å². The SMILES string of the molecule is N=c1ccccn1CCOc1cccc(C(=O)NC(CC(=O)OC(=O)C(F)(F)F)c2ccc(-c3ccccc3)c(F)c2)c1. The Morgan fingerprint density at radius 2 is 1.65 bits per heavy atom. The summed E-state index contributed by atoms with van der Waals surface area (Å²) in [6, 6.07) is 22.2. The maximum atomic E-state index is 15.1. The molecule has 1 atom stereocenters. The summed E-state index contributed by atoms with van der Waals surface area (Å²) in [6.45, 7) is 0.543. The Morgan fingerprint density at radius 1 is 0.907 bits per heavy atom. The molecule has 2 N–H and O–H groups in total. The number of amides is 1. The first-order valence-corrected chi connectivity index (χ1v) is 12.9. The van der Waals surface area contributed by atoms with Crippen LogP contribution in [-0.2, 0) is 20.9 Å². The number of nitrogens with zero attached hydrogens (tertiary/aromatic N) is 1. The Labute approximate surface area is 243 Å². The topological polar surface area (TPSA) is 110 Å². The Morgan fingerprint density at radius 3 is 2.35 bits per heavy atom. The van der Waals surface area contributed by atoms with Crippen molar-refractivity contribution in [1.29, 1.82) is 5.41 Å². The largest absolute Gasteiger partial charge is 0.492 e. The lowest BCUT2D eigenvalue weighted by Crippen LogP contribution is -2.33. The minimum atomic E-state index is -5.40. The van der Waals surface area contributed by atoms with Crippen LogP contribution in [0.2, 0.25) is 0 Å². The number of hydrogen-bond acceptors (Lipinski definition) is 6. The number of alkyl halides is 3. The fourth-order valence-corrected chi connectivity index (χ4v) is 4.12. The molecule has 0 saturated carbocycles. The van der Waals surface area contributed by atoms with Crippen molar-refractivity contribution >= 4 is 17.8 Å². The zero-order valence-corrected chi connectivity index (χ0v) is 22.4. The number of carbonyl (C=O) groups is 3. The molecule has 222 valence electrons. The first-order valence-electron chi connectivity index (χ1n) is 12.9. The molecule has 0 aliphatic heterocycles. The van der Waals surface area contributed by atoms with Crippen LogP contribution in [-0.4, -0.2) is 35.2 Å². The summed E-state index contributed by atoms with van der Waals surface area (Å²) in [6.07, 6.45) is -4.57. The summed E-state index contributed by atoms with van der Waals surface area (Å²) < 4.78 is 64.3. The molecular weight excluding hydrogens is 570 g/mol. The summed E-state index contributed by atoms with van der Waals surface area (Å²) in [7, 11) is 0. The van der Waals surface area contributed by atoms with Gasteiger partial charge in [-0.25, -0.2) is 9.18 Å². The van der Waals surface area contributed by atoms with Crippen LogP contribution in [0.4, 0.5) is 17.6 Å². The highest BCUT2D eigenvalue weighted by Gasteiger charge is 2.42. The number of ether oxygens (including phenoxy) is 2. The molecule has 43 heavy (non-hydrogen) atoms. The Hall–Kier alpha value is -5.26. The van der Waals surface area contributed by atoms with Crippen LogP contribution in [0.25, 0.3) is 11.1 Å². The van der Waals surface area contributed by atoms with E-state index in [0.717, 1.165) is 6.07 Å². The average Bonchev–Trinajstić information content (AvgIpc) is 2.98. The molecule has 12 heteroatoms. The minimum absolute atomic E-state index is 0.0560. The fourth-order valence-electron chi connectivity index (χ4n) is 4.12. The second kappa shape index (κ2) is 13.6. The van der Waals surface area contributed by atoms with E-state index in [0.29, 0.717) is 17.9 Å². The van der Waals surface area contributed by atoms with E-state index in [-0.39, 0.29) is 28.8 Å². The molecule has 3 aromatic carbocycles. The standard InChI is InChI=1S/C31H25F4N3O5/c32-25-18-21(12-13-24(25)20-7-2-1-3-8-20)26(19-28(39)43-30(41)31(33,34)35)37-29(40)22-9-6-10-23(17-22)42-16-15-38-14-5-4-11-27(38)36/h1-14,17-18,26,36H,15-16,19H2,(H,37,40). The van der Waals surface area contributed by atoms with Gasteiger partial charge in [0.15, 0.2) is 0 Å². The number of rotatable bonds is 10. The number of esters is 2. The van der Waals surface area contributed by atoms with Crippen molar-refractivity contribution in [2.45, 2.75) is 25.2 Å². The predicted molar refractivity (Wildman–Crippen MR) is 146 cm³/mol. The third-order valence-corrected chi connectivity index (χ3v) is 6.23. The lowest BCUT2D eigenvalue weighted by atomic mass is 9.98. The lowest BCUT2D eigenvalue weighted by Gasteiger charge is -2.20. The van der Waals surface area contributed by atoms with E-state index >= 15 is 4.39 Å². The molecule has 4 aromatic rings. The third kappa shape index (κ3) is 8.38. The van der Waals surface area contributed by atoms with E-state index in [1.807, 2.05) is 0 Å². The summed E-state index contributed by atoms with van der Waals surface area (Å²) in [4.78, 5) is 36.6. The quantitative estimate of drug-likeness (QED) is 0.146. The van der Waals surface area contributed by atoms with E-state index in [1.165, 1.54) is 30.3 Å². The van der Waals surface area contributed by atoms with Crippen LogP contribution in [0, 0.1) is 11.2 Å². The summed E-state index contributed by atoms with van der Waals surface area (Å²) in [5.41, 5.74) is 1.20. The van der Waals surface area contributed by atoms with E-state index in [1.54, 1.807) is 65.4 Å². The Kier molecular flexibility index (Phi) is 9.71. The van der Waals surface area contributed by atoms with Crippen molar-refractivity contribution in [3.8, 4) is 16.9 Å². The first kappa shape index (κ1) is 30.7. The zero-order valence-electron chi connectivity index (χ0n) is 22.4. The van der Waals surface area contributed by atoms with Crippen LogP contribution >= 0.6 is 0 Å². The van der Waals surface area contributed by atoms with Gasteiger partial charge in [0.05, 0.1) is 19.0 Å². The van der Waals surface area contributed by atoms with Gasteiger partial charge in [0.1, 0.15) is 23.7 Å². The maximum absolute atomic E-state index is 15.1. The number of nitrogens with one attached hydrogen (secondary N) is 2. The van der Waals surface area contributed by atoms with Gasteiger partial charge in [-0.2, -0.15) is 13.2 Å². The molecule has 0 aliphatic rings. The van der Waals surface area contributed by atoms with Gasteiger partial charge in [-0.15, -0.1) is 0 Å². The minimum Gasteiger partial charge on any atom is -0.492 e. The molecule has 0 spiro atoms. The smallest absolute Gasteiger partial charge is 0.491 e. The van der Waals surface area contributed by atoms with Crippen molar-refractivity contribution in [2.24, 2.45) is 0 Å². The molecule has 0 fully saturated rings. The van der Waals surface area contributed by atoms with Crippen LogP contribution < -0.4 is 15.5 Å². The van der Waals surface area contributed by atoms with Gasteiger partial charge in [0.25, 0.3) is 5.91 Å². The second-order valence-corrected chi connectivity index (χ2v) is 9.25. The van der Waals surface area contributed by atoms with E-state index in [2.05, 4.69) is 10.1 Å². The molecule has 0 bridgehead atoms. The van der Waals surface area contributed by atoms with Crippen molar-refractivity contribution in [3.63, 3.8) is 0 Å². The predicted octanol–water partition coefficient (Wildman–Crippen LogP) is 5.35. The van der Waals surface area contributed by atoms with E-state index in [4.69, 9.17) is 10.1 Å². The molecule has 1 amide bonds. The van der Waals surface area contributed by atoms with E-state index < -0.39 is 42.3 Å². The number of pyridine rings is 1. The summed E-state index contributed by atoms with van der Waals surface area (Å²) >= 11 is 0. The first-order chi connectivity index (χ1) is 20.5. The molecule has 1 aromatic heterocycles. The monoisotopic (exact) mass is 595 g/mol. The summed E-state index contributed by atoms with van der Waals surface area (Å²) in [5, 5.41) is 10.4. The molecule has 0 aliphatic carbocycles. The number of halogens is 4. The third-order valence-electron chi connectivity index (χ3n) is 6.23. The second-order valence-electron chi connectivity index (χ2n) is 9.25. The van der Waals surface area contributed by atoms with Crippen molar-refractivity contribution in [3.05, 3.63) is 120 Å². The fraction of sp³-hybridized carbons (Fsp3) is 0.161. The molecule has 8 nitrogen and oxygen atoms in total. The van der Waals surface area contributed by atoms with E-state index in [9.17, 15) is 27.6 Å². The van der Waals surface area contributed by atoms with Crippen molar-refractivity contribution in [2.75, 3.05) is 6.61 Å². The van der Waals surface area contributed by atoms with Crippen LogP contribution in [0.3, 0.4) is 0 Å². The highest BCUT2D eigenvalue weighted by atomic mass is 19.4. The molecule has 4 rings (SSSR count). The van der Waals surface area contributed by atoms with Gasteiger partial charge < -0.3 is 19.4 Å². The van der Waals surface area contributed by atoms with Gasteiger partial charge in [0.2, 0.25) is 0 Å². The number of carbonyl (C=O) groups excluding carboxylic acids is 3. The zero-order chi connectivity index (χ0) is 31.0. The summed E-state index contributed by atoms with van der Waals surface area (Å²) in [5.74, 6) is -5.40. The van der Waals surface area contributed by atoms with Crippen LogP contribution in [0.15, 0.2) is 97.2 Å². The maximum Gasteiger partial charge on any atom is 0.491 e. The van der Waals surface area contributed by atoms with Crippen molar-refractivity contribution < 1.29 is 41.4 Å². The number of hydrogen-bond donors (Lipinski definition) is 2. The number of benzene rings is 3. The van der Waals surface area contributed by atoms with Crippen molar-refractivity contribution in [1.82, 2.24) is 9.88 Å². The van der Waals surface area contributed by atoms with Gasteiger partial charge in [-0.3, -0.25) is 15.0 Å². The van der Waals surface area contributed by atoms with Gasteiger partial charge >= 0.3 is 18.1 Å². The molecule has 0 saturated heterocycles. The van der Waals surface area contributed by atoms with Gasteiger partial charge in [-0.1, -0.05) is 54.6 Å². The lowest BCUT2D eigenvalue weighted by molar-refractivity contribution is -0.202. The number of aromatic nitrogens is 1. The normalized spacial score (nSPS) is 11.8. The highest BCUT2D eigenvalue weighted by Crippen LogP contribution is 2.28. The molecule has 1 unspecified atom stereocenters. The molecule has 1 heterocycles.